The van der Waals surface area contributed by atoms with Gasteiger partial charge in [-0.1, -0.05) is 38.0 Å². The number of hydrogen-bond donors (Lipinski definition) is 4. The van der Waals surface area contributed by atoms with E-state index < -0.39 is 0 Å². The lowest BCUT2D eigenvalue weighted by Gasteiger charge is -2.14. The van der Waals surface area contributed by atoms with Gasteiger partial charge in [0.1, 0.15) is 0 Å². The van der Waals surface area contributed by atoms with Gasteiger partial charge in [-0.25, -0.2) is 0 Å². The van der Waals surface area contributed by atoms with Crippen LogP contribution < -0.4 is 41.8 Å². The maximum Gasteiger partial charge on any atom is 0.222 e. The van der Waals surface area contributed by atoms with Gasteiger partial charge in [-0.3, -0.25) is 0 Å². The number of thiol groups is 2. The predicted molar refractivity (Wildman–Crippen MR) is 121 cm³/mol. The molecule has 1 aliphatic rings. The van der Waals surface area contributed by atoms with E-state index in [2.05, 4.69) is 68.2 Å². The van der Waals surface area contributed by atoms with Gasteiger partial charge in [0.25, 0.3) is 0 Å². The Bertz CT molecular complexity index is 1140. The highest BCUT2D eigenvalue weighted by Crippen LogP contribution is 2.06. The Kier molecular flexibility index (Phi) is 7.27. The zero-order chi connectivity index (χ0) is 20.1. The SMILES string of the molecule is [B]N/C(C(=C)OS)=c1\c2c(c(=C(\N[B])C(=C)OS)/c(=C\C)c1=C)=CCCC=2. The van der Waals surface area contributed by atoms with E-state index in [0.717, 1.165) is 44.2 Å². The fourth-order valence-corrected chi connectivity index (χ4v) is 3.47. The molecule has 0 spiro atoms. The average molecular weight is 394 g/mol. The molecule has 4 nitrogen and oxygen atoms in total. The molecule has 2 N–H and O–H groups in total. The fourth-order valence-electron chi connectivity index (χ4n) is 3.29. The summed E-state index contributed by atoms with van der Waals surface area (Å²) in [5, 5.41) is 10.4. The van der Waals surface area contributed by atoms with Gasteiger partial charge in [0.2, 0.25) is 16.0 Å². The molecule has 27 heavy (non-hydrogen) atoms. The van der Waals surface area contributed by atoms with Gasteiger partial charge >= 0.3 is 0 Å². The van der Waals surface area contributed by atoms with Crippen molar-refractivity contribution in [2.45, 2.75) is 19.8 Å². The second-order valence-electron chi connectivity index (χ2n) is 5.81. The third-order valence-electron chi connectivity index (χ3n) is 4.44. The topological polar surface area (TPSA) is 42.5 Å². The van der Waals surface area contributed by atoms with Crippen molar-refractivity contribution in [1.29, 1.82) is 0 Å². The predicted octanol–water partition coefficient (Wildman–Crippen LogP) is -1.44. The molecular formula is C19H20B2N2O2S2. The highest BCUT2D eigenvalue weighted by molar-refractivity contribution is 7.75. The number of rotatable bonds is 6. The van der Waals surface area contributed by atoms with Crippen LogP contribution in [0.1, 0.15) is 19.8 Å². The van der Waals surface area contributed by atoms with E-state index in [1.165, 1.54) is 0 Å². The molecule has 0 fully saturated rings. The van der Waals surface area contributed by atoms with Crippen molar-refractivity contribution in [2.75, 3.05) is 0 Å². The van der Waals surface area contributed by atoms with Crippen LogP contribution in [0, 0.1) is 0 Å². The maximum absolute atomic E-state index is 5.78. The molecule has 0 saturated heterocycles. The van der Waals surface area contributed by atoms with Crippen molar-refractivity contribution in [3.8, 4) is 0 Å². The monoisotopic (exact) mass is 394 g/mol. The van der Waals surface area contributed by atoms with E-state index in [4.69, 9.17) is 24.3 Å². The second-order valence-corrected chi connectivity index (χ2v) is 6.18. The second kappa shape index (κ2) is 9.24. The smallest absolute Gasteiger partial charge is 0.222 e. The van der Waals surface area contributed by atoms with Gasteiger partial charge in [0.15, 0.2) is 11.5 Å². The summed E-state index contributed by atoms with van der Waals surface area (Å²) in [7, 11) is 11.5. The third kappa shape index (κ3) is 3.82. The van der Waals surface area contributed by atoms with Gasteiger partial charge in [-0.2, -0.15) is 0 Å². The Morgan fingerprint density at radius 3 is 1.85 bits per heavy atom. The van der Waals surface area contributed by atoms with Gasteiger partial charge in [0, 0.05) is 36.3 Å². The summed E-state index contributed by atoms with van der Waals surface area (Å²) < 4.78 is 10.0. The lowest BCUT2D eigenvalue weighted by Crippen LogP contribution is -2.67. The van der Waals surface area contributed by atoms with Gasteiger partial charge in [-0.05, 0) is 40.6 Å². The third-order valence-corrected chi connectivity index (χ3v) is 4.88. The molecule has 0 amide bonds. The molecule has 1 aromatic rings. The quantitative estimate of drug-likeness (QED) is 0.207. The molecule has 0 atom stereocenters. The Morgan fingerprint density at radius 1 is 1.00 bits per heavy atom. The van der Waals surface area contributed by atoms with Crippen molar-refractivity contribution in [3.63, 3.8) is 0 Å². The van der Waals surface area contributed by atoms with Crippen LogP contribution in [0.2, 0.25) is 0 Å². The van der Waals surface area contributed by atoms with Crippen molar-refractivity contribution >= 4 is 78.0 Å². The Morgan fingerprint density at radius 2 is 1.44 bits per heavy atom. The van der Waals surface area contributed by atoms with Crippen molar-refractivity contribution in [3.05, 3.63) is 56.0 Å². The van der Waals surface area contributed by atoms with Gasteiger partial charge in [-0.15, -0.1) is 0 Å². The first-order valence-corrected chi connectivity index (χ1v) is 8.90. The normalized spacial score (nSPS) is 15.4. The van der Waals surface area contributed by atoms with Crippen LogP contribution in [0.5, 0.6) is 0 Å². The molecule has 136 valence electrons. The maximum atomic E-state index is 5.78. The van der Waals surface area contributed by atoms with Crippen molar-refractivity contribution in [1.82, 2.24) is 10.5 Å². The van der Waals surface area contributed by atoms with Gasteiger partial charge in [0.05, 0.1) is 11.4 Å². The summed E-state index contributed by atoms with van der Waals surface area (Å²) in [6.07, 6.45) is 7.92. The average Bonchev–Trinajstić information content (AvgIpc) is 2.70. The first-order valence-electron chi connectivity index (χ1n) is 8.17. The van der Waals surface area contributed by atoms with Crippen LogP contribution >= 0.6 is 25.8 Å². The van der Waals surface area contributed by atoms with Gasteiger partial charge < -0.3 is 18.8 Å². The first-order chi connectivity index (χ1) is 13.0. The summed E-state index contributed by atoms with van der Waals surface area (Å²) in [5.74, 6) is 0.576. The number of fused-ring (bicyclic) bond motifs is 1. The van der Waals surface area contributed by atoms with E-state index in [0.29, 0.717) is 17.2 Å². The molecule has 1 aromatic carbocycles. The summed E-state index contributed by atoms with van der Waals surface area (Å²) in [5.41, 5.74) is 1.02. The Hall–Kier alpha value is -2.05. The lowest BCUT2D eigenvalue weighted by molar-refractivity contribution is 0.536. The van der Waals surface area contributed by atoms with Crippen molar-refractivity contribution < 1.29 is 8.37 Å². The van der Waals surface area contributed by atoms with E-state index in [1.807, 2.05) is 13.0 Å². The first kappa shape index (κ1) is 21.3. The van der Waals surface area contributed by atoms with Crippen LogP contribution in [0.3, 0.4) is 0 Å². The molecule has 0 aromatic heterocycles. The van der Waals surface area contributed by atoms with Crippen LogP contribution in [0.15, 0.2) is 24.7 Å². The zero-order valence-electron chi connectivity index (χ0n) is 15.1. The number of benzene rings is 1. The summed E-state index contributed by atoms with van der Waals surface area (Å²) in [4.78, 5) is 0. The minimum Gasteiger partial charge on any atom is -0.434 e. The minimum absolute atomic E-state index is 0.283. The molecule has 4 radical (unpaired) electrons. The largest absolute Gasteiger partial charge is 0.434 e. The fraction of sp³-hybridized carbons (Fsp3) is 0.158. The summed E-state index contributed by atoms with van der Waals surface area (Å²) in [6, 6.07) is 0. The molecule has 0 heterocycles. The van der Waals surface area contributed by atoms with Crippen molar-refractivity contribution in [2.24, 2.45) is 0 Å². The van der Waals surface area contributed by atoms with E-state index in [-0.39, 0.29) is 5.76 Å². The molecule has 8 heteroatoms. The van der Waals surface area contributed by atoms with Crippen LogP contribution in [0.25, 0.3) is 36.2 Å². The molecule has 1 aliphatic carbocycles. The minimum atomic E-state index is 0.283. The molecule has 2 rings (SSSR count). The molecule has 0 bridgehead atoms. The highest BCUT2D eigenvalue weighted by atomic mass is 32.1. The number of hydrogen-bond acceptors (Lipinski definition) is 6. The van der Waals surface area contributed by atoms with Crippen LogP contribution in [-0.2, 0) is 8.37 Å². The van der Waals surface area contributed by atoms with Crippen LogP contribution in [0.4, 0.5) is 0 Å². The number of nitrogens with one attached hydrogen (secondary N) is 2. The van der Waals surface area contributed by atoms with E-state index >= 15 is 0 Å². The molecule has 0 unspecified atom stereocenters. The summed E-state index contributed by atoms with van der Waals surface area (Å²) >= 11 is 7.70. The molecule has 0 saturated carbocycles. The Balaban J connectivity index is 3.40. The highest BCUT2D eigenvalue weighted by Gasteiger charge is 2.12. The standard InChI is InChI=1S/C19H20B2N2O2S2/c1-5-13-10(2)16(18(22-20)11(3)24-26)14-8-6-7-9-15(14)17(13)19(23-21)12(4)25-27/h5,8-9,22-23,26-27H,2-4,6-7H2,1H3/b13-5-,18-16-,19-17-. The zero-order valence-corrected chi connectivity index (χ0v) is 16.9. The molecular weight excluding hydrogens is 374 g/mol. The van der Waals surface area contributed by atoms with E-state index in [1.54, 1.807) is 0 Å². The summed E-state index contributed by atoms with van der Waals surface area (Å²) in [6.45, 7) is 13.9. The van der Waals surface area contributed by atoms with Crippen LogP contribution in [-0.4, -0.2) is 16.0 Å². The Labute approximate surface area is 172 Å². The molecule has 0 aliphatic heterocycles. The lowest BCUT2D eigenvalue weighted by atomic mass is 9.97. The van der Waals surface area contributed by atoms with E-state index in [9.17, 15) is 0 Å².